The lowest BCUT2D eigenvalue weighted by molar-refractivity contribution is -0.123. The average Bonchev–Trinajstić information content (AvgIpc) is 2.53. The van der Waals surface area contributed by atoms with Crippen LogP contribution in [0.15, 0.2) is 40.9 Å². The number of nitrogens with two attached hydrogens (primary N) is 1. The number of rotatable bonds is 4. The molecule has 8 heteroatoms. The summed E-state index contributed by atoms with van der Waals surface area (Å²) >= 11 is 3.21. The molecule has 0 fully saturated rings. The van der Waals surface area contributed by atoms with Gasteiger partial charge in [-0.2, -0.15) is 0 Å². The van der Waals surface area contributed by atoms with Crippen LogP contribution in [0.25, 0.3) is 0 Å². The van der Waals surface area contributed by atoms with Crippen molar-refractivity contribution in [3.63, 3.8) is 0 Å². The van der Waals surface area contributed by atoms with Gasteiger partial charge in [0.2, 0.25) is 0 Å². The largest absolute Gasteiger partial charge is 0.449 e. The third kappa shape index (κ3) is 4.29. The molecular weight excluding hydrogens is 386 g/mol. The average molecular weight is 399 g/mol. The lowest BCUT2D eigenvalue weighted by Crippen LogP contribution is -2.30. The van der Waals surface area contributed by atoms with Crippen LogP contribution in [-0.2, 0) is 9.53 Å². The second-order valence-corrected chi connectivity index (χ2v) is 5.81. The zero-order valence-electron chi connectivity index (χ0n) is 12.5. The first-order valence-corrected chi connectivity index (χ1v) is 7.59. The topological polar surface area (TPSA) is 81.4 Å². The molecule has 2 aromatic carbocycles. The van der Waals surface area contributed by atoms with E-state index in [1.54, 1.807) is 6.07 Å². The number of amides is 1. The molecule has 0 aliphatic carbocycles. The van der Waals surface area contributed by atoms with Crippen LogP contribution in [0.5, 0.6) is 0 Å². The number of nitrogen functional groups attached to an aromatic ring is 1. The summed E-state index contributed by atoms with van der Waals surface area (Å²) in [6.45, 7) is 1.35. The maximum atomic E-state index is 13.1. The summed E-state index contributed by atoms with van der Waals surface area (Å²) < 4.78 is 31.6. The molecule has 0 saturated heterocycles. The molecule has 1 atom stereocenters. The summed E-state index contributed by atoms with van der Waals surface area (Å²) in [7, 11) is 0. The van der Waals surface area contributed by atoms with Crippen molar-refractivity contribution in [3.8, 4) is 0 Å². The van der Waals surface area contributed by atoms with Crippen LogP contribution in [0.1, 0.15) is 17.3 Å². The van der Waals surface area contributed by atoms with Crippen molar-refractivity contribution in [1.82, 2.24) is 0 Å². The number of carbonyl (C=O) groups excluding carboxylic acids is 2. The van der Waals surface area contributed by atoms with Crippen LogP contribution in [0.4, 0.5) is 20.2 Å². The molecule has 0 saturated carbocycles. The molecule has 0 bridgehead atoms. The lowest BCUT2D eigenvalue weighted by Gasteiger charge is -2.14. The van der Waals surface area contributed by atoms with Gasteiger partial charge >= 0.3 is 5.97 Å². The highest BCUT2D eigenvalue weighted by Crippen LogP contribution is 2.20. The Morgan fingerprint density at radius 1 is 1.17 bits per heavy atom. The van der Waals surface area contributed by atoms with Gasteiger partial charge in [-0.05, 0) is 37.3 Å². The van der Waals surface area contributed by atoms with Gasteiger partial charge in [0.15, 0.2) is 17.7 Å². The molecule has 3 N–H and O–H groups in total. The minimum atomic E-state index is -1.16. The molecule has 0 heterocycles. The zero-order valence-corrected chi connectivity index (χ0v) is 14.1. The molecule has 24 heavy (non-hydrogen) atoms. The summed E-state index contributed by atoms with van der Waals surface area (Å²) in [5, 5.41) is 2.33. The summed E-state index contributed by atoms with van der Waals surface area (Å²) in [5.74, 6) is -3.60. The Morgan fingerprint density at radius 2 is 1.88 bits per heavy atom. The smallest absolute Gasteiger partial charge is 0.341 e. The highest BCUT2D eigenvalue weighted by atomic mass is 79.9. The molecule has 0 aliphatic heterocycles. The maximum Gasteiger partial charge on any atom is 0.341 e. The Kier molecular flexibility index (Phi) is 5.50. The highest BCUT2D eigenvalue weighted by molar-refractivity contribution is 9.10. The maximum absolute atomic E-state index is 13.1. The highest BCUT2D eigenvalue weighted by Gasteiger charge is 2.21. The first-order valence-electron chi connectivity index (χ1n) is 6.80. The SMILES string of the molecule is C[C@@H](OC(=O)c1cc(Br)ccc1N)C(=O)Nc1ccc(F)c(F)c1. The minimum Gasteiger partial charge on any atom is -0.449 e. The lowest BCUT2D eigenvalue weighted by atomic mass is 10.2. The van der Waals surface area contributed by atoms with Crippen LogP contribution in [0.3, 0.4) is 0 Å². The summed E-state index contributed by atoms with van der Waals surface area (Å²) in [6.07, 6.45) is -1.16. The van der Waals surface area contributed by atoms with E-state index in [0.717, 1.165) is 12.1 Å². The van der Waals surface area contributed by atoms with Crippen molar-refractivity contribution in [2.75, 3.05) is 11.1 Å². The number of hydrogen-bond acceptors (Lipinski definition) is 4. The molecule has 2 rings (SSSR count). The van der Waals surface area contributed by atoms with Crippen LogP contribution < -0.4 is 11.1 Å². The second kappa shape index (κ2) is 7.39. The number of anilines is 2. The molecule has 0 aliphatic rings. The van der Waals surface area contributed by atoms with Gasteiger partial charge in [0.25, 0.3) is 5.91 Å². The standard InChI is InChI=1S/C16H13BrF2N2O3/c1-8(15(22)21-10-3-4-12(18)13(19)7-10)24-16(23)11-6-9(17)2-5-14(11)20/h2-8H,20H2,1H3,(H,21,22)/t8-/m1/s1. The monoisotopic (exact) mass is 398 g/mol. The molecule has 5 nitrogen and oxygen atoms in total. The van der Waals surface area contributed by atoms with Gasteiger partial charge in [0.1, 0.15) is 0 Å². The van der Waals surface area contributed by atoms with Crippen LogP contribution in [-0.4, -0.2) is 18.0 Å². The van der Waals surface area contributed by atoms with Crippen LogP contribution in [0.2, 0.25) is 0 Å². The molecule has 0 aromatic heterocycles. The number of carbonyl (C=O) groups is 2. The Hall–Kier alpha value is -2.48. The normalized spacial score (nSPS) is 11.7. The number of benzene rings is 2. The van der Waals surface area contributed by atoms with E-state index in [1.807, 2.05) is 0 Å². The van der Waals surface area contributed by atoms with E-state index >= 15 is 0 Å². The third-order valence-corrected chi connectivity index (χ3v) is 3.57. The summed E-state index contributed by atoms with van der Waals surface area (Å²) in [6, 6.07) is 7.55. The summed E-state index contributed by atoms with van der Waals surface area (Å²) in [4.78, 5) is 24.1. The Balaban J connectivity index is 2.04. The predicted octanol–water partition coefficient (Wildman–Crippen LogP) is 3.49. The molecule has 0 radical (unpaired) electrons. The Bertz CT molecular complexity index is 799. The Labute approximate surface area is 144 Å². The number of halogens is 3. The van der Waals surface area contributed by atoms with Gasteiger partial charge in [-0.1, -0.05) is 15.9 Å². The van der Waals surface area contributed by atoms with E-state index in [1.165, 1.54) is 25.1 Å². The van der Waals surface area contributed by atoms with Crippen molar-refractivity contribution >= 4 is 39.2 Å². The predicted molar refractivity (Wildman–Crippen MR) is 88.4 cm³/mol. The fraction of sp³-hybridized carbons (Fsp3) is 0.125. The Morgan fingerprint density at radius 3 is 2.54 bits per heavy atom. The van der Waals surface area contributed by atoms with Crippen molar-refractivity contribution in [3.05, 3.63) is 58.1 Å². The summed E-state index contributed by atoms with van der Waals surface area (Å²) in [5.41, 5.74) is 6.06. The zero-order chi connectivity index (χ0) is 17.9. The van der Waals surface area contributed by atoms with Gasteiger partial charge in [-0.3, -0.25) is 4.79 Å². The number of nitrogens with one attached hydrogen (secondary N) is 1. The van der Waals surface area contributed by atoms with E-state index in [9.17, 15) is 18.4 Å². The fourth-order valence-corrected chi connectivity index (χ4v) is 2.16. The van der Waals surface area contributed by atoms with E-state index in [4.69, 9.17) is 10.5 Å². The van der Waals surface area contributed by atoms with Gasteiger partial charge < -0.3 is 15.8 Å². The van der Waals surface area contributed by atoms with E-state index in [2.05, 4.69) is 21.2 Å². The second-order valence-electron chi connectivity index (χ2n) is 4.90. The van der Waals surface area contributed by atoms with E-state index in [0.29, 0.717) is 4.47 Å². The molecular formula is C16H13BrF2N2O3. The van der Waals surface area contributed by atoms with Crippen molar-refractivity contribution in [2.45, 2.75) is 13.0 Å². The first-order chi connectivity index (χ1) is 11.3. The van der Waals surface area contributed by atoms with E-state index in [-0.39, 0.29) is 16.9 Å². The van der Waals surface area contributed by atoms with Gasteiger partial charge in [0.05, 0.1) is 5.56 Å². The molecule has 0 unspecified atom stereocenters. The molecule has 2 aromatic rings. The minimum absolute atomic E-state index is 0.0452. The number of ether oxygens (including phenoxy) is 1. The van der Waals surface area contributed by atoms with E-state index < -0.39 is 29.6 Å². The molecule has 0 spiro atoms. The quantitative estimate of drug-likeness (QED) is 0.609. The number of hydrogen-bond donors (Lipinski definition) is 2. The fourth-order valence-electron chi connectivity index (χ4n) is 1.80. The van der Waals surface area contributed by atoms with Gasteiger partial charge in [0, 0.05) is 21.9 Å². The van der Waals surface area contributed by atoms with Crippen LogP contribution >= 0.6 is 15.9 Å². The van der Waals surface area contributed by atoms with Crippen molar-refractivity contribution in [2.24, 2.45) is 0 Å². The third-order valence-electron chi connectivity index (χ3n) is 3.08. The van der Waals surface area contributed by atoms with Gasteiger partial charge in [-0.25, -0.2) is 13.6 Å². The van der Waals surface area contributed by atoms with Crippen molar-refractivity contribution < 1.29 is 23.1 Å². The molecule has 1 amide bonds. The van der Waals surface area contributed by atoms with Crippen LogP contribution in [0, 0.1) is 11.6 Å². The van der Waals surface area contributed by atoms with Crippen molar-refractivity contribution in [1.29, 1.82) is 0 Å². The van der Waals surface area contributed by atoms with Gasteiger partial charge in [-0.15, -0.1) is 0 Å². The molecule has 126 valence electrons. The number of esters is 1. The first kappa shape index (κ1) is 17.9.